The first-order valence-corrected chi connectivity index (χ1v) is 8.65. The Kier molecular flexibility index (Phi) is 5.29. The van der Waals surface area contributed by atoms with Crippen molar-refractivity contribution in [2.75, 3.05) is 0 Å². The fourth-order valence-corrected chi connectivity index (χ4v) is 3.38. The molecule has 0 fully saturated rings. The highest BCUT2D eigenvalue weighted by atomic mass is 17.0. The second kappa shape index (κ2) is 7.70. The van der Waals surface area contributed by atoms with Gasteiger partial charge in [0, 0.05) is 17.8 Å². The Hall–Kier alpha value is -4.14. The van der Waals surface area contributed by atoms with Crippen molar-refractivity contribution < 1.29 is 24.6 Å². The number of rotatable bonds is 6. The molecule has 3 rings (SSSR count). The smallest absolute Gasteiger partial charge is 0.295 e. The van der Waals surface area contributed by atoms with Gasteiger partial charge in [0.15, 0.2) is 6.10 Å². The molecule has 156 valence electrons. The standard InChI is InChI=1S/C18H16N4O8/c1-18(2)17(30-22(26)27)16(13-7-11(9-19)3-4-14(13)29-18)20-6-5-12(8-15(20)23)10-28-21(24)25/h3-8,16-17H,10H2,1-2H3/t16-,17+/m1/s1. The topological polar surface area (TPSA) is 160 Å². The average molecular weight is 416 g/mol. The van der Waals surface area contributed by atoms with Crippen LogP contribution in [0.2, 0.25) is 0 Å². The molecule has 0 aliphatic carbocycles. The largest absolute Gasteiger partial charge is 0.485 e. The van der Waals surface area contributed by atoms with E-state index in [-0.39, 0.29) is 11.1 Å². The number of ether oxygens (including phenoxy) is 1. The maximum absolute atomic E-state index is 12.8. The second-order valence-corrected chi connectivity index (χ2v) is 7.04. The summed E-state index contributed by atoms with van der Waals surface area (Å²) < 4.78 is 7.07. The molecule has 0 unspecified atom stereocenters. The summed E-state index contributed by atoms with van der Waals surface area (Å²) in [4.78, 5) is 43.5. The van der Waals surface area contributed by atoms with Crippen LogP contribution >= 0.6 is 0 Å². The van der Waals surface area contributed by atoms with Gasteiger partial charge in [0.25, 0.3) is 15.7 Å². The molecule has 0 amide bonds. The molecule has 0 saturated carbocycles. The van der Waals surface area contributed by atoms with Crippen LogP contribution in [0, 0.1) is 31.6 Å². The van der Waals surface area contributed by atoms with Gasteiger partial charge < -0.3 is 19.0 Å². The molecule has 0 saturated heterocycles. The first-order valence-electron chi connectivity index (χ1n) is 8.65. The summed E-state index contributed by atoms with van der Waals surface area (Å²) >= 11 is 0. The molecule has 1 aliphatic heterocycles. The molecule has 2 aromatic rings. The Labute approximate surface area is 169 Å². The summed E-state index contributed by atoms with van der Waals surface area (Å²) in [5.41, 5.74) is -0.918. The minimum absolute atomic E-state index is 0.247. The van der Waals surface area contributed by atoms with Gasteiger partial charge >= 0.3 is 0 Å². The zero-order valence-electron chi connectivity index (χ0n) is 15.9. The van der Waals surface area contributed by atoms with Crippen LogP contribution in [0.3, 0.4) is 0 Å². The third kappa shape index (κ3) is 4.00. The molecule has 12 heteroatoms. The minimum Gasteiger partial charge on any atom is -0.485 e. The van der Waals surface area contributed by atoms with Crippen LogP contribution in [0.25, 0.3) is 0 Å². The van der Waals surface area contributed by atoms with E-state index >= 15 is 0 Å². The van der Waals surface area contributed by atoms with Crippen molar-refractivity contribution in [3.8, 4) is 11.8 Å². The zero-order valence-corrected chi connectivity index (χ0v) is 15.9. The van der Waals surface area contributed by atoms with Crippen LogP contribution in [-0.4, -0.2) is 26.4 Å². The van der Waals surface area contributed by atoms with Crippen molar-refractivity contribution in [1.82, 2.24) is 4.57 Å². The minimum atomic E-state index is -1.23. The van der Waals surface area contributed by atoms with E-state index in [0.29, 0.717) is 11.3 Å². The summed E-state index contributed by atoms with van der Waals surface area (Å²) in [6, 6.07) is 8.08. The molecular formula is C18H16N4O8. The summed E-state index contributed by atoms with van der Waals surface area (Å²) in [5, 5.41) is 28.8. The Morgan fingerprint density at radius 3 is 2.57 bits per heavy atom. The number of nitriles is 1. The van der Waals surface area contributed by atoms with Crippen molar-refractivity contribution >= 4 is 0 Å². The fourth-order valence-electron chi connectivity index (χ4n) is 3.38. The Bertz CT molecular complexity index is 1100. The van der Waals surface area contributed by atoms with Gasteiger partial charge in [-0.25, -0.2) is 0 Å². The maximum atomic E-state index is 12.8. The van der Waals surface area contributed by atoms with Crippen molar-refractivity contribution in [3.05, 3.63) is 83.8 Å². The number of nitrogens with zero attached hydrogens (tertiary/aromatic N) is 4. The highest BCUT2D eigenvalue weighted by molar-refractivity contribution is 5.47. The van der Waals surface area contributed by atoms with Gasteiger partial charge in [-0.2, -0.15) is 5.26 Å². The summed E-state index contributed by atoms with van der Waals surface area (Å²) in [6.07, 6.45) is 0.110. The fraction of sp³-hybridized carbons (Fsp3) is 0.333. The van der Waals surface area contributed by atoms with Crippen LogP contribution in [0.4, 0.5) is 0 Å². The Morgan fingerprint density at radius 2 is 1.97 bits per heavy atom. The van der Waals surface area contributed by atoms with Crippen molar-refractivity contribution in [2.45, 2.75) is 38.2 Å². The second-order valence-electron chi connectivity index (χ2n) is 7.04. The van der Waals surface area contributed by atoms with E-state index in [0.717, 1.165) is 6.07 Å². The zero-order chi connectivity index (χ0) is 22.1. The van der Waals surface area contributed by atoms with E-state index in [2.05, 4.69) is 4.84 Å². The number of benzene rings is 1. The van der Waals surface area contributed by atoms with Crippen LogP contribution in [0.15, 0.2) is 41.3 Å². The molecule has 30 heavy (non-hydrogen) atoms. The molecule has 0 spiro atoms. The molecule has 2 heterocycles. The SMILES string of the molecule is CC1(C)Oc2ccc(C#N)cc2[C@@H](n2ccc(CO[N+](=O)[O-])cc2=O)[C@@H]1O[N+](=O)[O-]. The van der Waals surface area contributed by atoms with Gasteiger partial charge in [0.05, 0.1) is 17.7 Å². The van der Waals surface area contributed by atoms with E-state index in [1.165, 1.54) is 29.0 Å². The molecule has 0 N–H and O–H groups in total. The van der Waals surface area contributed by atoms with E-state index in [9.17, 15) is 30.3 Å². The van der Waals surface area contributed by atoms with Crippen LogP contribution in [0.5, 0.6) is 5.75 Å². The predicted octanol–water partition coefficient (Wildman–Crippen LogP) is 1.77. The van der Waals surface area contributed by atoms with Crippen molar-refractivity contribution in [3.63, 3.8) is 0 Å². The number of pyridine rings is 1. The third-order valence-corrected chi connectivity index (χ3v) is 4.65. The maximum Gasteiger partial charge on any atom is 0.295 e. The quantitative estimate of drug-likeness (QED) is 0.505. The average Bonchev–Trinajstić information content (AvgIpc) is 2.67. The highest BCUT2D eigenvalue weighted by Gasteiger charge is 2.48. The van der Waals surface area contributed by atoms with Gasteiger partial charge in [0.1, 0.15) is 18.0 Å². The first kappa shape index (κ1) is 20.6. The molecular weight excluding hydrogens is 400 g/mol. The van der Waals surface area contributed by atoms with Crippen molar-refractivity contribution in [2.24, 2.45) is 0 Å². The lowest BCUT2D eigenvalue weighted by atomic mass is 9.85. The number of hydrogen-bond acceptors (Lipinski definition) is 9. The van der Waals surface area contributed by atoms with Gasteiger partial charge in [-0.1, -0.05) is 0 Å². The lowest BCUT2D eigenvalue weighted by molar-refractivity contribution is -0.773. The van der Waals surface area contributed by atoms with E-state index in [4.69, 9.17) is 9.57 Å². The number of aromatic nitrogens is 1. The van der Waals surface area contributed by atoms with Crippen LogP contribution < -0.4 is 10.3 Å². The molecule has 0 bridgehead atoms. The van der Waals surface area contributed by atoms with E-state index < -0.39 is 40.1 Å². The highest BCUT2D eigenvalue weighted by Crippen LogP contribution is 2.43. The third-order valence-electron chi connectivity index (χ3n) is 4.65. The summed E-state index contributed by atoms with van der Waals surface area (Å²) in [7, 11) is 0. The van der Waals surface area contributed by atoms with Crippen LogP contribution in [0.1, 0.15) is 36.6 Å². The van der Waals surface area contributed by atoms with Gasteiger partial charge in [-0.05, 0) is 43.7 Å². The van der Waals surface area contributed by atoms with Crippen LogP contribution in [-0.2, 0) is 16.3 Å². The van der Waals surface area contributed by atoms with E-state index in [1.54, 1.807) is 19.9 Å². The lowest BCUT2D eigenvalue weighted by Crippen LogP contribution is -2.54. The summed E-state index contributed by atoms with van der Waals surface area (Å²) in [5.74, 6) is 0.347. The van der Waals surface area contributed by atoms with Gasteiger partial charge in [-0.3, -0.25) is 4.79 Å². The van der Waals surface area contributed by atoms with Gasteiger partial charge in [0.2, 0.25) is 0 Å². The lowest BCUT2D eigenvalue weighted by Gasteiger charge is -2.43. The molecule has 1 aromatic carbocycles. The Balaban J connectivity index is 2.15. The molecule has 12 nitrogen and oxygen atoms in total. The molecule has 1 aromatic heterocycles. The first-order chi connectivity index (χ1) is 14.1. The molecule has 2 atom stereocenters. The molecule has 0 radical (unpaired) electrons. The van der Waals surface area contributed by atoms with Gasteiger partial charge in [-0.15, -0.1) is 20.2 Å². The monoisotopic (exact) mass is 416 g/mol. The normalized spacial score (nSPS) is 19.0. The Morgan fingerprint density at radius 1 is 1.23 bits per heavy atom. The van der Waals surface area contributed by atoms with E-state index in [1.807, 2.05) is 6.07 Å². The molecule has 1 aliphatic rings. The number of hydrogen-bond donors (Lipinski definition) is 0. The predicted molar refractivity (Wildman–Crippen MR) is 98.4 cm³/mol. The number of fused-ring (bicyclic) bond motifs is 1. The van der Waals surface area contributed by atoms with Crippen molar-refractivity contribution in [1.29, 1.82) is 5.26 Å². The summed E-state index contributed by atoms with van der Waals surface area (Å²) in [6.45, 7) is 2.74.